The summed E-state index contributed by atoms with van der Waals surface area (Å²) in [6, 6.07) is 4.06. The molecule has 0 amide bonds. The normalized spacial score (nSPS) is 23.8. The molecule has 1 saturated heterocycles. The molecule has 2 unspecified atom stereocenters. The van der Waals surface area contributed by atoms with Crippen LogP contribution in [0.25, 0.3) is 0 Å². The summed E-state index contributed by atoms with van der Waals surface area (Å²) in [6.07, 6.45) is 0.600. The first-order valence-electron chi connectivity index (χ1n) is 6.29. The third-order valence-corrected chi connectivity index (χ3v) is 4.19. The van der Waals surface area contributed by atoms with Crippen molar-refractivity contribution in [1.29, 1.82) is 0 Å². The van der Waals surface area contributed by atoms with Gasteiger partial charge in [-0.3, -0.25) is 4.90 Å². The van der Waals surface area contributed by atoms with E-state index >= 15 is 0 Å². The van der Waals surface area contributed by atoms with Crippen LogP contribution in [0.2, 0.25) is 0 Å². The Balaban J connectivity index is 1.97. The Morgan fingerprint density at radius 2 is 2.41 bits per heavy atom. The van der Waals surface area contributed by atoms with Gasteiger partial charge in [0.15, 0.2) is 0 Å². The zero-order valence-corrected chi connectivity index (χ0v) is 11.4. The molecule has 0 bridgehead atoms. The second-order valence-corrected chi connectivity index (χ2v) is 5.92. The Kier molecular flexibility index (Phi) is 4.56. The molecule has 2 rings (SSSR count). The third kappa shape index (κ3) is 3.28. The molecule has 1 aliphatic rings. The Bertz CT molecular complexity index is 351. The molecule has 2 atom stereocenters. The van der Waals surface area contributed by atoms with Crippen LogP contribution in [0.3, 0.4) is 0 Å². The first-order chi connectivity index (χ1) is 8.20. The number of morpholine rings is 1. The Morgan fingerprint density at radius 3 is 3.06 bits per heavy atom. The fourth-order valence-electron chi connectivity index (χ4n) is 2.24. The average Bonchev–Trinajstić information content (AvgIpc) is 2.76. The van der Waals surface area contributed by atoms with Gasteiger partial charge < -0.3 is 9.84 Å². The van der Waals surface area contributed by atoms with E-state index in [2.05, 4.69) is 24.8 Å². The van der Waals surface area contributed by atoms with E-state index in [1.807, 2.05) is 6.07 Å². The SMILES string of the molecule is CCCN1CCOC(C(O)c2ccc(C)s2)C1. The van der Waals surface area contributed by atoms with Gasteiger partial charge in [0.25, 0.3) is 0 Å². The molecule has 4 heteroatoms. The van der Waals surface area contributed by atoms with E-state index in [-0.39, 0.29) is 6.10 Å². The summed E-state index contributed by atoms with van der Waals surface area (Å²) in [4.78, 5) is 4.63. The van der Waals surface area contributed by atoms with Crippen molar-refractivity contribution in [3.05, 3.63) is 21.9 Å². The summed E-state index contributed by atoms with van der Waals surface area (Å²) >= 11 is 1.66. The minimum absolute atomic E-state index is 0.0756. The van der Waals surface area contributed by atoms with Crippen molar-refractivity contribution in [2.45, 2.75) is 32.5 Å². The van der Waals surface area contributed by atoms with Crippen molar-refractivity contribution in [2.75, 3.05) is 26.2 Å². The third-order valence-electron chi connectivity index (χ3n) is 3.12. The largest absolute Gasteiger partial charge is 0.385 e. The van der Waals surface area contributed by atoms with E-state index < -0.39 is 6.10 Å². The lowest BCUT2D eigenvalue weighted by Crippen LogP contribution is -2.45. The van der Waals surface area contributed by atoms with Crippen LogP contribution in [0.5, 0.6) is 0 Å². The number of aryl methyl sites for hydroxylation is 1. The number of thiophene rings is 1. The number of aliphatic hydroxyl groups is 1. The highest BCUT2D eigenvalue weighted by Gasteiger charge is 2.28. The first kappa shape index (κ1) is 13.0. The van der Waals surface area contributed by atoms with Crippen LogP contribution in [0.15, 0.2) is 12.1 Å². The summed E-state index contributed by atoms with van der Waals surface area (Å²) in [5, 5.41) is 10.3. The Morgan fingerprint density at radius 1 is 1.59 bits per heavy atom. The smallest absolute Gasteiger partial charge is 0.115 e. The number of ether oxygens (including phenoxy) is 1. The molecule has 0 aromatic carbocycles. The predicted octanol–water partition coefficient (Wildman–Crippen LogP) is 2.20. The van der Waals surface area contributed by atoms with E-state index in [4.69, 9.17) is 4.74 Å². The molecule has 2 heterocycles. The lowest BCUT2D eigenvalue weighted by Gasteiger charge is -2.34. The van der Waals surface area contributed by atoms with Crippen molar-refractivity contribution in [2.24, 2.45) is 0 Å². The molecule has 1 fully saturated rings. The Labute approximate surface area is 107 Å². The van der Waals surface area contributed by atoms with Gasteiger partial charge in [-0.2, -0.15) is 0 Å². The fourth-order valence-corrected chi connectivity index (χ4v) is 3.15. The van der Waals surface area contributed by atoms with E-state index in [0.29, 0.717) is 0 Å². The van der Waals surface area contributed by atoms with Crippen molar-refractivity contribution in [3.8, 4) is 0 Å². The lowest BCUT2D eigenvalue weighted by atomic mass is 10.1. The monoisotopic (exact) mass is 255 g/mol. The summed E-state index contributed by atoms with van der Waals surface area (Å²) in [5.74, 6) is 0. The van der Waals surface area contributed by atoms with Crippen molar-refractivity contribution >= 4 is 11.3 Å². The summed E-state index contributed by atoms with van der Waals surface area (Å²) in [7, 11) is 0. The second kappa shape index (κ2) is 5.96. The molecular weight excluding hydrogens is 234 g/mol. The Hall–Kier alpha value is -0.420. The van der Waals surface area contributed by atoms with E-state index in [1.165, 1.54) is 4.88 Å². The minimum atomic E-state index is -0.478. The molecule has 0 radical (unpaired) electrons. The molecule has 1 aromatic heterocycles. The summed E-state index contributed by atoms with van der Waals surface area (Å²) in [6.45, 7) is 7.89. The van der Waals surface area contributed by atoms with Crippen LogP contribution in [0.1, 0.15) is 29.2 Å². The molecule has 1 N–H and O–H groups in total. The highest BCUT2D eigenvalue weighted by molar-refractivity contribution is 7.12. The topological polar surface area (TPSA) is 32.7 Å². The van der Waals surface area contributed by atoms with Crippen molar-refractivity contribution in [1.82, 2.24) is 4.90 Å². The number of nitrogens with zero attached hydrogens (tertiary/aromatic N) is 1. The average molecular weight is 255 g/mol. The molecule has 1 aromatic rings. The molecule has 17 heavy (non-hydrogen) atoms. The number of aliphatic hydroxyl groups excluding tert-OH is 1. The van der Waals surface area contributed by atoms with Gasteiger partial charge >= 0.3 is 0 Å². The fraction of sp³-hybridized carbons (Fsp3) is 0.692. The van der Waals surface area contributed by atoms with Crippen LogP contribution >= 0.6 is 11.3 Å². The van der Waals surface area contributed by atoms with Crippen LogP contribution in [0, 0.1) is 6.92 Å². The van der Waals surface area contributed by atoms with Crippen LogP contribution in [0.4, 0.5) is 0 Å². The maximum Gasteiger partial charge on any atom is 0.115 e. The van der Waals surface area contributed by atoms with Gasteiger partial charge in [-0.15, -0.1) is 11.3 Å². The summed E-state index contributed by atoms with van der Waals surface area (Å²) < 4.78 is 5.69. The standard InChI is InChI=1S/C13H21NO2S/c1-3-6-14-7-8-16-11(9-14)13(15)12-5-4-10(2)17-12/h4-5,11,13,15H,3,6-9H2,1-2H3. The maximum absolute atomic E-state index is 10.3. The number of hydrogen-bond acceptors (Lipinski definition) is 4. The number of rotatable bonds is 4. The van der Waals surface area contributed by atoms with Gasteiger partial charge in [-0.05, 0) is 32.0 Å². The van der Waals surface area contributed by atoms with E-state index in [9.17, 15) is 5.11 Å². The second-order valence-electron chi connectivity index (χ2n) is 4.60. The molecule has 1 aliphatic heterocycles. The van der Waals surface area contributed by atoms with Gasteiger partial charge in [0.05, 0.1) is 6.61 Å². The highest BCUT2D eigenvalue weighted by atomic mass is 32.1. The molecule has 96 valence electrons. The maximum atomic E-state index is 10.3. The molecule has 0 spiro atoms. The van der Waals surface area contributed by atoms with Crippen molar-refractivity contribution < 1.29 is 9.84 Å². The van der Waals surface area contributed by atoms with Crippen LogP contribution in [-0.2, 0) is 4.74 Å². The molecule has 0 aliphatic carbocycles. The number of hydrogen-bond donors (Lipinski definition) is 1. The predicted molar refractivity (Wildman–Crippen MR) is 70.5 cm³/mol. The van der Waals surface area contributed by atoms with Gasteiger partial charge in [-0.25, -0.2) is 0 Å². The van der Waals surface area contributed by atoms with Gasteiger partial charge in [0, 0.05) is 22.8 Å². The van der Waals surface area contributed by atoms with E-state index in [1.54, 1.807) is 11.3 Å². The molecular formula is C13H21NO2S. The minimum Gasteiger partial charge on any atom is -0.385 e. The summed E-state index contributed by atoms with van der Waals surface area (Å²) in [5.41, 5.74) is 0. The molecule has 3 nitrogen and oxygen atoms in total. The zero-order valence-electron chi connectivity index (χ0n) is 10.6. The van der Waals surface area contributed by atoms with E-state index in [0.717, 1.165) is 37.5 Å². The zero-order chi connectivity index (χ0) is 12.3. The highest BCUT2D eigenvalue weighted by Crippen LogP contribution is 2.28. The van der Waals surface area contributed by atoms with Gasteiger partial charge in [-0.1, -0.05) is 6.92 Å². The quantitative estimate of drug-likeness (QED) is 0.895. The van der Waals surface area contributed by atoms with Gasteiger partial charge in [0.2, 0.25) is 0 Å². The van der Waals surface area contributed by atoms with Crippen molar-refractivity contribution in [3.63, 3.8) is 0 Å². The van der Waals surface area contributed by atoms with Crippen LogP contribution in [-0.4, -0.2) is 42.4 Å². The lowest BCUT2D eigenvalue weighted by molar-refractivity contribution is -0.0888. The van der Waals surface area contributed by atoms with Gasteiger partial charge in [0.1, 0.15) is 12.2 Å². The first-order valence-corrected chi connectivity index (χ1v) is 7.10. The molecule has 0 saturated carbocycles. The van der Waals surface area contributed by atoms with Crippen LogP contribution < -0.4 is 0 Å².